The number of carbonyl (C=O) groups is 1. The van der Waals surface area contributed by atoms with Crippen LogP contribution in [-0.4, -0.2) is 63.4 Å². The van der Waals surface area contributed by atoms with E-state index in [1.165, 1.54) is 12.1 Å². The summed E-state index contributed by atoms with van der Waals surface area (Å²) >= 11 is 0. The van der Waals surface area contributed by atoms with Crippen LogP contribution in [0.2, 0.25) is 0 Å². The summed E-state index contributed by atoms with van der Waals surface area (Å²) in [5.41, 5.74) is 2.42. The molecule has 1 fully saturated rings. The first kappa shape index (κ1) is 31.6. The number of quaternary nitrogens is 1. The molecule has 1 atom stereocenters. The third kappa shape index (κ3) is 6.83. The molecule has 1 unspecified atom stereocenters. The van der Waals surface area contributed by atoms with Gasteiger partial charge in [0.25, 0.3) is 5.56 Å². The van der Waals surface area contributed by atoms with E-state index < -0.39 is 12.3 Å². The Hall–Kier alpha value is -3.31. The summed E-state index contributed by atoms with van der Waals surface area (Å²) in [6, 6.07) is 4.47. The second-order valence-electron chi connectivity index (χ2n) is 11.5. The largest absolute Gasteiger partial charge is 0.512 e. The van der Waals surface area contributed by atoms with Crippen LogP contribution in [-0.2, 0) is 22.4 Å². The van der Waals surface area contributed by atoms with Crippen molar-refractivity contribution in [3.05, 3.63) is 64.6 Å². The number of ether oxygens (including phenoxy) is 2. The molecular weight excluding hydrogens is 543 g/mol. The average Bonchev–Trinajstić information content (AvgIpc) is 3.38. The summed E-state index contributed by atoms with van der Waals surface area (Å²) in [5, 5.41) is 15.4. The second kappa shape index (κ2) is 13.8. The number of aromatic nitrogens is 3. The Morgan fingerprint density at radius 2 is 2.00 bits per heavy atom. The third-order valence-corrected chi connectivity index (χ3v) is 8.67. The Kier molecular flexibility index (Phi) is 10.4. The second-order valence-corrected chi connectivity index (χ2v) is 11.5. The molecular formula is C31H43FN4O6. The zero-order chi connectivity index (χ0) is 29.0. The van der Waals surface area contributed by atoms with Crippen LogP contribution in [0, 0.1) is 20.2 Å². The Morgan fingerprint density at radius 1 is 1.21 bits per heavy atom. The molecule has 0 spiro atoms. The van der Waals surface area contributed by atoms with Crippen LogP contribution in [0.3, 0.4) is 0 Å². The van der Waals surface area contributed by atoms with Crippen LogP contribution in [0.4, 0.5) is 9.18 Å². The van der Waals surface area contributed by atoms with Crippen molar-refractivity contribution in [2.45, 2.75) is 83.8 Å². The monoisotopic (exact) mass is 586 g/mol. The number of carbonyl (C=O) groups excluding carboxylic acids is 1. The van der Waals surface area contributed by atoms with Gasteiger partial charge < -0.3 is 26.5 Å². The van der Waals surface area contributed by atoms with Crippen molar-refractivity contribution >= 4 is 17.1 Å². The first-order chi connectivity index (χ1) is 19.8. The van der Waals surface area contributed by atoms with E-state index in [0.717, 1.165) is 49.6 Å². The van der Waals surface area contributed by atoms with Gasteiger partial charge in [-0.25, -0.2) is 14.2 Å². The number of rotatable bonds is 10. The van der Waals surface area contributed by atoms with Crippen LogP contribution >= 0.6 is 0 Å². The molecule has 1 N–H and O–H groups in total. The lowest BCUT2D eigenvalue weighted by Crippen LogP contribution is -2.55. The number of unbranched alkanes of at least 4 members (excludes halogenated alkanes) is 2. The zero-order valence-electron chi connectivity index (χ0n) is 24.9. The molecule has 4 heterocycles. The van der Waals surface area contributed by atoms with Crippen LogP contribution in [0.15, 0.2) is 27.5 Å². The number of likely N-dealkylation sites (tertiary alicyclic amines) is 1. The van der Waals surface area contributed by atoms with Gasteiger partial charge in [0.05, 0.1) is 31.9 Å². The number of nitrogens with zero attached hydrogens (tertiary/aromatic N) is 4. The van der Waals surface area contributed by atoms with Gasteiger partial charge in [0, 0.05) is 54.4 Å². The zero-order valence-corrected chi connectivity index (χ0v) is 24.9. The fourth-order valence-electron chi connectivity index (χ4n) is 6.17. The Bertz CT molecular complexity index is 1430. The summed E-state index contributed by atoms with van der Waals surface area (Å²) in [5.74, 6) is 0.199. The highest BCUT2D eigenvalue weighted by atomic mass is 19.1. The third-order valence-electron chi connectivity index (χ3n) is 8.67. The van der Waals surface area contributed by atoms with Crippen LogP contribution in [0.5, 0.6) is 0 Å². The molecule has 5 rings (SSSR count). The Morgan fingerprint density at radius 3 is 2.76 bits per heavy atom. The van der Waals surface area contributed by atoms with E-state index in [9.17, 15) is 19.1 Å². The van der Waals surface area contributed by atoms with Gasteiger partial charge in [-0.3, -0.25) is 13.8 Å². The molecule has 10 nitrogen and oxygen atoms in total. The van der Waals surface area contributed by atoms with Crippen molar-refractivity contribution < 1.29 is 32.8 Å². The highest BCUT2D eigenvalue weighted by molar-refractivity contribution is 5.79. The normalized spacial score (nSPS) is 21.9. The fourth-order valence-corrected chi connectivity index (χ4v) is 6.17. The molecule has 11 heteroatoms. The van der Waals surface area contributed by atoms with Gasteiger partial charge in [-0.05, 0) is 38.3 Å². The van der Waals surface area contributed by atoms with Gasteiger partial charge in [0.15, 0.2) is 5.58 Å². The van der Waals surface area contributed by atoms with Crippen molar-refractivity contribution in [1.82, 2.24) is 14.7 Å². The summed E-state index contributed by atoms with van der Waals surface area (Å²) in [6.07, 6.45) is 4.76. The number of aliphatic hydroxyl groups is 1. The number of benzene rings is 1. The van der Waals surface area contributed by atoms with Crippen molar-refractivity contribution in [2.75, 3.05) is 33.0 Å². The highest BCUT2D eigenvalue weighted by Crippen LogP contribution is 2.35. The fraction of sp³-hybridized carbons (Fsp3) is 0.581. The highest BCUT2D eigenvalue weighted by Gasteiger charge is 2.38. The number of piperidine rings is 1. The van der Waals surface area contributed by atoms with Gasteiger partial charge in [0.1, 0.15) is 17.7 Å². The first-order valence-corrected chi connectivity index (χ1v) is 14.8. The average molecular weight is 587 g/mol. The Balaban J connectivity index is 0.00000405. The predicted molar refractivity (Wildman–Crippen MR) is 155 cm³/mol. The van der Waals surface area contributed by atoms with Crippen molar-refractivity contribution in [3.63, 3.8) is 0 Å². The van der Waals surface area contributed by atoms with E-state index in [1.54, 1.807) is 10.6 Å². The molecule has 0 radical (unpaired) electrons. The van der Waals surface area contributed by atoms with E-state index in [0.29, 0.717) is 72.8 Å². The maximum Gasteiger partial charge on any atom is 0.512 e. The number of aliphatic hydroxyl groups excluding tert-OH is 1. The summed E-state index contributed by atoms with van der Waals surface area (Å²) in [6.45, 7) is 6.90. The predicted octanol–water partition coefficient (Wildman–Crippen LogP) is 5.35. The lowest BCUT2D eigenvalue weighted by atomic mass is 9.90. The molecule has 0 aliphatic carbocycles. The van der Waals surface area contributed by atoms with Gasteiger partial charge in [-0.2, -0.15) is 0 Å². The van der Waals surface area contributed by atoms with Gasteiger partial charge in [-0.1, -0.05) is 24.9 Å². The molecule has 2 aliphatic heterocycles. The van der Waals surface area contributed by atoms with Crippen LogP contribution < -0.4 is 5.56 Å². The number of halogens is 1. The first-order valence-electron chi connectivity index (χ1n) is 14.8. The molecule has 230 valence electrons. The van der Waals surface area contributed by atoms with Gasteiger partial charge in [-0.15, -0.1) is 0 Å². The van der Waals surface area contributed by atoms with Crippen molar-refractivity contribution in [2.24, 2.45) is 0 Å². The quantitative estimate of drug-likeness (QED) is 0.146. The molecule has 0 saturated carbocycles. The summed E-state index contributed by atoms with van der Waals surface area (Å²) in [7, 11) is 0. The molecule has 2 aliphatic rings. The molecule has 0 amide bonds. The van der Waals surface area contributed by atoms with E-state index in [1.807, 2.05) is 6.92 Å². The van der Waals surface area contributed by atoms with Gasteiger partial charge in [0.2, 0.25) is 6.73 Å². The van der Waals surface area contributed by atoms with E-state index in [4.69, 9.17) is 14.0 Å². The van der Waals surface area contributed by atoms with Crippen molar-refractivity contribution in [1.29, 1.82) is 0 Å². The number of aryl methyl sites for hydroxylation is 1. The molecule has 1 aromatic carbocycles. The minimum absolute atomic E-state index is 0. The maximum atomic E-state index is 13.7. The molecule has 42 heavy (non-hydrogen) atoms. The molecule has 2 aromatic heterocycles. The standard InChI is InChI=1S/C30H40FN4O6.CH3/c1-3-4-5-17-39-30(38)40-19-35(16-12-23-20(2)32-28-25(36)7-6-13-34(28)29(23)37)14-10-21(11-15-35)27-24-9-8-22(31)18-26(24)41-33-27;/h8-9,18,21,25,36H,3-7,10-17,19H2,1-2H3;1H3/q+1;-1. The summed E-state index contributed by atoms with van der Waals surface area (Å²) in [4.78, 5) is 30.4. The Labute approximate surface area is 246 Å². The smallest absolute Gasteiger partial charge is 0.434 e. The number of fused-ring (bicyclic) bond motifs is 2. The lowest BCUT2D eigenvalue weighted by molar-refractivity contribution is -0.948. The minimum atomic E-state index is -0.720. The maximum absolute atomic E-state index is 13.7. The van der Waals surface area contributed by atoms with E-state index >= 15 is 0 Å². The van der Waals surface area contributed by atoms with E-state index in [2.05, 4.69) is 17.1 Å². The molecule has 3 aromatic rings. The minimum Gasteiger partial charge on any atom is -0.434 e. The summed E-state index contributed by atoms with van der Waals surface area (Å²) < 4.78 is 32.1. The SMILES string of the molecule is CCCCCOC(=O)OC[N+]1(CCc2c(C)nc3n(c2=O)CCCC3O)CCC(c2noc3cc(F)ccc23)CC1.[CH3-]. The molecule has 0 bridgehead atoms. The van der Waals surface area contributed by atoms with E-state index in [-0.39, 0.29) is 31.5 Å². The lowest BCUT2D eigenvalue weighted by Gasteiger charge is -2.42. The number of hydrogen-bond acceptors (Lipinski definition) is 8. The number of hydrogen-bond donors (Lipinski definition) is 1. The molecule has 1 saturated heterocycles. The topological polar surface area (TPSA) is 117 Å². The van der Waals surface area contributed by atoms with Crippen molar-refractivity contribution in [3.8, 4) is 0 Å². The van der Waals surface area contributed by atoms with Crippen LogP contribution in [0.25, 0.3) is 11.0 Å². The van der Waals surface area contributed by atoms with Gasteiger partial charge >= 0.3 is 6.16 Å². The van der Waals surface area contributed by atoms with Crippen LogP contribution in [0.1, 0.15) is 86.7 Å².